The Morgan fingerprint density at radius 3 is 1.34 bits per heavy atom. The third-order valence-corrected chi connectivity index (χ3v) is 18.1. The van der Waals surface area contributed by atoms with E-state index in [2.05, 4.69) is 74.1 Å². The molecule has 27 N–H and O–H groups in total. The fraction of sp³-hybridized carbons (Fsp3) is 0.730. The third-order valence-electron chi connectivity index (χ3n) is 15.6. The molecule has 12 atom stereocenters. The summed E-state index contributed by atoms with van der Waals surface area (Å²) in [4.78, 5) is 223. The van der Waals surface area contributed by atoms with Gasteiger partial charge in [0.2, 0.25) is 82.7 Å². The van der Waals surface area contributed by atoms with Crippen molar-refractivity contribution in [1.82, 2.24) is 69.1 Å². The van der Waals surface area contributed by atoms with Gasteiger partial charge in [-0.25, -0.2) is 0 Å². The lowest BCUT2D eigenvalue weighted by molar-refractivity contribution is -0.141. The number of carbonyl (C=O) groups is 16. The summed E-state index contributed by atoms with van der Waals surface area (Å²) in [5.74, 6) is -18.4. The second kappa shape index (κ2) is 49.9. The lowest BCUT2D eigenvalue weighted by Crippen LogP contribution is -2.60. The normalized spacial score (nSPS) is 24.7. The first-order valence-corrected chi connectivity index (χ1v) is 36.9. The van der Waals surface area contributed by atoms with Gasteiger partial charge in [-0.15, -0.1) is 0 Å². The van der Waals surface area contributed by atoms with Crippen LogP contribution < -0.4 is 104 Å². The molecule has 1 heterocycles. The Hall–Kier alpha value is -8.63. The van der Waals surface area contributed by atoms with Crippen LogP contribution in [0.1, 0.15) is 158 Å². The molecule has 103 heavy (non-hydrogen) atoms. The monoisotopic (exact) mass is 1500 g/mol. The Morgan fingerprint density at radius 2 is 0.883 bits per heavy atom. The van der Waals surface area contributed by atoms with Gasteiger partial charge in [-0.2, -0.15) is 0 Å². The molecule has 1 aliphatic rings. The lowest BCUT2D eigenvalue weighted by Gasteiger charge is -2.28. The largest absolute Gasteiger partial charge is 0.481 e. The summed E-state index contributed by atoms with van der Waals surface area (Å²) in [7, 11) is 1.85. The van der Waals surface area contributed by atoms with Crippen molar-refractivity contribution in [1.29, 1.82) is 0 Å². The summed E-state index contributed by atoms with van der Waals surface area (Å²) in [5.41, 5.74) is 34.1. The molecule has 1 saturated heterocycles. The second-order valence-corrected chi connectivity index (χ2v) is 28.7. The Balaban J connectivity index is 4.16. The van der Waals surface area contributed by atoms with Crippen molar-refractivity contribution < 1.29 is 86.9 Å². The van der Waals surface area contributed by atoms with Gasteiger partial charge in [0, 0.05) is 31.4 Å². The molecule has 1 aliphatic heterocycles. The van der Waals surface area contributed by atoms with E-state index in [4.69, 9.17) is 34.4 Å². The van der Waals surface area contributed by atoms with Gasteiger partial charge in [-0.1, -0.05) is 63.1 Å². The number of rotatable bonds is 28. The summed E-state index contributed by atoms with van der Waals surface area (Å²) in [6.07, 6.45) is -0.899. The van der Waals surface area contributed by atoms with E-state index in [1.165, 1.54) is 20.8 Å². The van der Waals surface area contributed by atoms with Crippen LogP contribution >= 0.6 is 21.6 Å². The number of hydrogen-bond acceptors (Lipinski definition) is 22. The van der Waals surface area contributed by atoms with Crippen LogP contribution in [0.4, 0.5) is 0 Å². The number of nitrogens with two attached hydrogens (primary N) is 6. The van der Waals surface area contributed by atoms with Crippen LogP contribution in [0.5, 0.6) is 0 Å². The average molecular weight is 1500 g/mol. The highest BCUT2D eigenvalue weighted by molar-refractivity contribution is 8.76. The van der Waals surface area contributed by atoms with Crippen LogP contribution in [-0.4, -0.2) is 228 Å². The molecule has 0 aromatic heterocycles. The van der Waals surface area contributed by atoms with Crippen LogP contribution in [0.25, 0.3) is 0 Å². The van der Waals surface area contributed by atoms with Gasteiger partial charge >= 0.3 is 11.9 Å². The molecule has 0 aromatic carbocycles. The Morgan fingerprint density at radius 1 is 0.476 bits per heavy atom. The number of primary amides is 1. The zero-order chi connectivity index (χ0) is 78.1. The number of carboxylic acid groups (broad SMARTS) is 2. The molecule has 0 aliphatic carbocycles. The molecule has 0 aromatic rings. The van der Waals surface area contributed by atoms with Crippen LogP contribution in [-0.2, 0) is 76.7 Å². The van der Waals surface area contributed by atoms with Gasteiger partial charge in [0.1, 0.15) is 72.5 Å². The molecule has 0 unspecified atom stereocenters. The van der Waals surface area contributed by atoms with Gasteiger partial charge in [0.25, 0.3) is 0 Å². The molecule has 0 radical (unpaired) electrons. The molecule has 0 saturated carbocycles. The van der Waals surface area contributed by atoms with Crippen molar-refractivity contribution in [3.8, 4) is 0 Å². The first-order valence-electron chi connectivity index (χ1n) is 34.5. The van der Waals surface area contributed by atoms with E-state index in [-0.39, 0.29) is 113 Å². The average Bonchev–Trinajstić information content (AvgIpc) is 0.865. The number of guanidine groups is 1. The minimum Gasteiger partial charge on any atom is -0.481 e. The van der Waals surface area contributed by atoms with Crippen LogP contribution in [0.3, 0.4) is 0 Å². The first kappa shape index (κ1) is 92.4. The summed E-state index contributed by atoms with van der Waals surface area (Å²) in [6, 6.07) is -17.8. The van der Waals surface area contributed by atoms with E-state index in [0.717, 1.165) is 28.5 Å². The molecule has 0 spiro atoms. The molecule has 1 fully saturated rings. The van der Waals surface area contributed by atoms with Gasteiger partial charge in [-0.3, -0.25) is 81.7 Å². The second-order valence-electron chi connectivity index (χ2n) is 26.1. The molecule has 14 amide bonds. The van der Waals surface area contributed by atoms with Crippen LogP contribution in [0.15, 0.2) is 4.99 Å². The van der Waals surface area contributed by atoms with Crippen molar-refractivity contribution in [2.45, 2.75) is 231 Å². The standard InChI is InChI=1S/C63H112N20O18S2/c1-32(2)26-42-59(98)72-35(7)52(91)75-38(16-9-12-22-64)55(94)79-43(27-33(3)4)60(99)77-39(17-10-13-23-65)56(95)81-44(28-49(88)89)53(92)71-29-47(85)74-37(19-15-25-70-63(68)69)54(93)76-40(18-11-14-24-66)58(97)83-50(34(5)6)62(101)78-41(20-21-48(86)87)57(96)82-45(51(67)90)30-102-103-31-46(61(100)80-42)73-36(8)84/h32-35,37-46,50H,9-31,64-66H2,1-8H3,(H2,67,90)(H,71,92)(H,72,98)(H,73,84)(H,74,85)(H,75,91)(H,76,93)(H,77,99)(H,78,101)(H,79,94)(H,80,100)(H,81,95)(H,82,96)(H,83,97)(H,86,87)(H,88,89)(H4,68,69,70)/t35-,37-,38-,39-,40-,41-,42-,43-,44-,45-,46-,50-/m0/s1. The molecule has 0 bridgehead atoms. The van der Waals surface area contributed by atoms with Crippen molar-refractivity contribution >= 4 is 122 Å². The molecular weight excluding hydrogens is 1390 g/mol. The SMILES string of the molecule is CC(=O)N[C@H]1CSSC[C@@H](C(N)=O)NC(=O)[C@H](CCC(=O)O)NC(=O)[C@H](C(C)C)NC(=O)[C@H](CCCCN)NC(=O)[C@H](CCCN=C(N)N)NC(=O)CNC(=O)[C@H](CC(=O)O)NC(=O)[C@H](CCCCN)NC(=O)[C@H](CC(C)C)NC(=O)[C@H](CCCCN)NC(=O)[C@H](C)NC(=O)[C@H](CC(C)C)NC1=O. The highest BCUT2D eigenvalue weighted by atomic mass is 33.1. The quantitative estimate of drug-likeness (QED) is 0.0150. The fourth-order valence-electron chi connectivity index (χ4n) is 10.1. The van der Waals surface area contributed by atoms with Gasteiger partial charge in [0.15, 0.2) is 5.96 Å². The number of nitrogens with zero attached hydrogens (tertiary/aromatic N) is 1. The number of carboxylic acids is 2. The van der Waals surface area contributed by atoms with Crippen molar-refractivity contribution in [2.75, 3.05) is 44.2 Å². The maximum absolute atomic E-state index is 14.4. The van der Waals surface area contributed by atoms with Crippen molar-refractivity contribution in [3.05, 3.63) is 0 Å². The van der Waals surface area contributed by atoms with E-state index in [1.54, 1.807) is 27.7 Å². The summed E-state index contributed by atoms with van der Waals surface area (Å²) < 4.78 is 0. The Labute approximate surface area is 607 Å². The number of carbonyl (C=O) groups excluding carboxylic acids is 14. The summed E-state index contributed by atoms with van der Waals surface area (Å²) in [6.45, 7) is 12.0. The van der Waals surface area contributed by atoms with Gasteiger partial charge in [-0.05, 0) is 134 Å². The highest BCUT2D eigenvalue weighted by Crippen LogP contribution is 2.24. The van der Waals surface area contributed by atoms with Gasteiger partial charge < -0.3 is 114 Å². The fourth-order valence-corrected chi connectivity index (χ4v) is 12.5. The van der Waals surface area contributed by atoms with E-state index < -0.39 is 199 Å². The maximum atomic E-state index is 14.4. The predicted molar refractivity (Wildman–Crippen MR) is 383 cm³/mol. The molecule has 1 rings (SSSR count). The number of amides is 14. The molecule has 584 valence electrons. The minimum atomic E-state index is -1.90. The Bertz CT molecular complexity index is 2890. The number of hydrogen-bond donors (Lipinski definition) is 21. The zero-order valence-corrected chi connectivity index (χ0v) is 61.7. The van der Waals surface area contributed by atoms with Crippen molar-refractivity contribution in [2.24, 2.45) is 57.1 Å². The minimum absolute atomic E-state index is 0.0136. The topological polar surface area (TPSA) is 638 Å². The first-order chi connectivity index (χ1) is 48.4. The highest BCUT2D eigenvalue weighted by Gasteiger charge is 2.38. The van der Waals surface area contributed by atoms with E-state index in [9.17, 15) is 86.9 Å². The summed E-state index contributed by atoms with van der Waals surface area (Å²) >= 11 is 0. The van der Waals surface area contributed by atoms with E-state index in [1.807, 2.05) is 0 Å². The number of aliphatic imine (C=N–C) groups is 1. The number of aliphatic carboxylic acids is 2. The number of unbranched alkanes of at least 4 members (excludes halogenated alkanes) is 3. The van der Waals surface area contributed by atoms with Crippen molar-refractivity contribution in [3.63, 3.8) is 0 Å². The van der Waals surface area contributed by atoms with Crippen LogP contribution in [0.2, 0.25) is 0 Å². The predicted octanol–water partition coefficient (Wildman–Crippen LogP) is -5.63. The number of nitrogens with one attached hydrogen (secondary N) is 13. The smallest absolute Gasteiger partial charge is 0.305 e. The third kappa shape index (κ3) is 38.5. The van der Waals surface area contributed by atoms with Crippen LogP contribution in [0, 0.1) is 17.8 Å². The maximum Gasteiger partial charge on any atom is 0.305 e. The molecular formula is C63H112N20O18S2. The summed E-state index contributed by atoms with van der Waals surface area (Å²) in [5, 5.41) is 52.3. The van der Waals surface area contributed by atoms with E-state index >= 15 is 0 Å². The molecule has 40 heteroatoms. The molecule has 38 nitrogen and oxygen atoms in total. The lowest BCUT2D eigenvalue weighted by atomic mass is 10.0. The zero-order valence-electron chi connectivity index (χ0n) is 60.1. The van der Waals surface area contributed by atoms with E-state index in [0.29, 0.717) is 25.7 Å². The Kier molecular flexibility index (Phi) is 44.7. The van der Waals surface area contributed by atoms with Gasteiger partial charge in [0.05, 0.1) is 13.0 Å².